The Labute approximate surface area is 132 Å². The van der Waals surface area contributed by atoms with Crippen molar-refractivity contribution in [3.05, 3.63) is 18.2 Å². The van der Waals surface area contributed by atoms with Crippen LogP contribution in [0.25, 0.3) is 0 Å². The molecule has 2 rings (SSSR count). The Kier molecular flexibility index (Phi) is 5.66. The van der Waals surface area contributed by atoms with E-state index in [1.165, 1.54) is 24.6 Å². The first-order valence-corrected chi connectivity index (χ1v) is 8.91. The molecule has 0 bridgehead atoms. The first kappa shape index (κ1) is 17.1. The number of rotatable bonds is 6. The molecule has 22 heavy (non-hydrogen) atoms. The van der Waals surface area contributed by atoms with Gasteiger partial charge in [0.25, 0.3) is 0 Å². The summed E-state index contributed by atoms with van der Waals surface area (Å²) in [5.41, 5.74) is 0. The lowest BCUT2D eigenvalue weighted by molar-refractivity contribution is 0.188. The van der Waals surface area contributed by atoms with Crippen molar-refractivity contribution < 1.29 is 17.9 Å². The molecule has 1 aliphatic rings. The molecule has 0 amide bonds. The second kappa shape index (κ2) is 7.30. The molecule has 0 atom stereocenters. The zero-order valence-electron chi connectivity index (χ0n) is 13.4. The van der Waals surface area contributed by atoms with E-state index in [1.807, 2.05) is 0 Å². The summed E-state index contributed by atoms with van der Waals surface area (Å²) >= 11 is 0. The van der Waals surface area contributed by atoms with E-state index in [9.17, 15) is 8.42 Å². The van der Waals surface area contributed by atoms with Crippen LogP contribution < -0.4 is 9.47 Å². The lowest BCUT2D eigenvalue weighted by atomic mass is 10.3. The van der Waals surface area contributed by atoms with Gasteiger partial charge < -0.3 is 14.4 Å². The van der Waals surface area contributed by atoms with Crippen molar-refractivity contribution in [1.82, 2.24) is 9.21 Å². The number of hydrogen-bond acceptors (Lipinski definition) is 5. The summed E-state index contributed by atoms with van der Waals surface area (Å²) in [6.45, 7) is 5.67. The predicted molar refractivity (Wildman–Crippen MR) is 85.0 cm³/mol. The second-order valence-corrected chi connectivity index (χ2v) is 7.17. The largest absolute Gasteiger partial charge is 0.497 e. The highest BCUT2D eigenvalue weighted by Gasteiger charge is 2.31. The molecule has 1 aromatic carbocycles. The molecule has 1 saturated heterocycles. The lowest BCUT2D eigenvalue weighted by Gasteiger charge is -2.34. The third kappa shape index (κ3) is 3.53. The van der Waals surface area contributed by atoms with Gasteiger partial charge in [-0.25, -0.2) is 8.42 Å². The fourth-order valence-corrected chi connectivity index (χ4v) is 4.23. The third-order valence-electron chi connectivity index (χ3n) is 3.86. The predicted octanol–water partition coefficient (Wildman–Crippen LogP) is 1.42. The molecular weight excluding hydrogens is 304 g/mol. The summed E-state index contributed by atoms with van der Waals surface area (Å²) in [4.78, 5) is 2.45. The summed E-state index contributed by atoms with van der Waals surface area (Å²) < 4.78 is 37.6. The first-order chi connectivity index (χ1) is 10.5. The Hall–Kier alpha value is -1.31. The van der Waals surface area contributed by atoms with Crippen molar-refractivity contribution in [2.24, 2.45) is 0 Å². The van der Waals surface area contributed by atoms with Crippen molar-refractivity contribution in [1.29, 1.82) is 0 Å². The molecular formula is C15H24N2O4S. The molecule has 0 saturated carbocycles. The van der Waals surface area contributed by atoms with Crippen LogP contribution in [0.5, 0.6) is 11.5 Å². The molecule has 1 heterocycles. The van der Waals surface area contributed by atoms with Crippen LogP contribution in [-0.4, -0.2) is 64.6 Å². The molecule has 0 aromatic heterocycles. The molecule has 0 unspecified atom stereocenters. The number of nitrogens with zero attached hydrogens (tertiary/aromatic N) is 2. The number of hydrogen-bond donors (Lipinski definition) is 0. The smallest absolute Gasteiger partial charge is 0.246 e. The Morgan fingerprint density at radius 2 is 1.77 bits per heavy atom. The zero-order valence-corrected chi connectivity index (χ0v) is 14.2. The van der Waals surface area contributed by atoms with Gasteiger partial charge in [-0.1, -0.05) is 6.92 Å². The highest BCUT2D eigenvalue weighted by molar-refractivity contribution is 7.89. The maximum Gasteiger partial charge on any atom is 0.246 e. The number of benzene rings is 1. The topological polar surface area (TPSA) is 59.1 Å². The van der Waals surface area contributed by atoms with E-state index < -0.39 is 10.0 Å². The van der Waals surface area contributed by atoms with Crippen molar-refractivity contribution in [2.45, 2.75) is 18.2 Å². The van der Waals surface area contributed by atoms with Crippen LogP contribution in [0.4, 0.5) is 0 Å². The number of piperazine rings is 1. The Morgan fingerprint density at radius 1 is 1.09 bits per heavy atom. The fourth-order valence-electron chi connectivity index (χ4n) is 2.63. The van der Waals surface area contributed by atoms with Crippen molar-refractivity contribution in [3.63, 3.8) is 0 Å². The Balaban J connectivity index is 2.24. The zero-order chi connectivity index (χ0) is 16.2. The average Bonchev–Trinajstić information content (AvgIpc) is 2.55. The lowest BCUT2D eigenvalue weighted by Crippen LogP contribution is -2.48. The molecule has 0 radical (unpaired) electrons. The molecule has 0 spiro atoms. The van der Waals surface area contributed by atoms with Crippen molar-refractivity contribution >= 4 is 10.0 Å². The highest BCUT2D eigenvalue weighted by atomic mass is 32.2. The summed E-state index contributed by atoms with van der Waals surface area (Å²) in [6, 6.07) is 4.84. The summed E-state index contributed by atoms with van der Waals surface area (Å²) in [6.07, 6.45) is 1.08. The monoisotopic (exact) mass is 328 g/mol. The molecule has 7 heteroatoms. The fraction of sp³-hybridized carbons (Fsp3) is 0.600. The van der Waals surface area contributed by atoms with Crippen LogP contribution in [0.3, 0.4) is 0 Å². The van der Waals surface area contributed by atoms with Crippen LogP contribution in [0.2, 0.25) is 0 Å². The van der Waals surface area contributed by atoms with E-state index >= 15 is 0 Å². The minimum atomic E-state index is -3.57. The summed E-state index contributed by atoms with van der Waals surface area (Å²) in [5.74, 6) is 0.848. The van der Waals surface area contributed by atoms with Gasteiger partial charge in [-0.15, -0.1) is 0 Å². The van der Waals surface area contributed by atoms with E-state index in [0.29, 0.717) is 24.6 Å². The van der Waals surface area contributed by atoms with Gasteiger partial charge in [-0.05, 0) is 25.1 Å². The second-order valence-electron chi connectivity index (χ2n) is 5.26. The summed E-state index contributed by atoms with van der Waals surface area (Å²) in [5, 5.41) is 0. The maximum absolute atomic E-state index is 12.9. The Morgan fingerprint density at radius 3 is 2.32 bits per heavy atom. The van der Waals surface area contributed by atoms with Gasteiger partial charge in [0.05, 0.1) is 14.2 Å². The molecule has 1 fully saturated rings. The van der Waals surface area contributed by atoms with Crippen LogP contribution in [-0.2, 0) is 10.0 Å². The minimum absolute atomic E-state index is 0.165. The SMILES string of the molecule is CCCN1CCN(S(=O)(=O)c2cc(OC)ccc2OC)CC1. The van der Waals surface area contributed by atoms with Gasteiger partial charge in [-0.2, -0.15) is 4.31 Å². The van der Waals surface area contributed by atoms with Gasteiger partial charge in [-0.3, -0.25) is 0 Å². The maximum atomic E-state index is 12.9. The van der Waals surface area contributed by atoms with Gasteiger partial charge in [0.2, 0.25) is 10.0 Å². The molecule has 1 aromatic rings. The average molecular weight is 328 g/mol. The standard InChI is InChI=1S/C15H24N2O4S/c1-4-7-16-8-10-17(11-9-16)22(18,19)15-12-13(20-2)5-6-14(15)21-3/h5-6,12H,4,7-11H2,1-3H3. The van der Waals surface area contributed by atoms with Crippen LogP contribution in [0.1, 0.15) is 13.3 Å². The van der Waals surface area contributed by atoms with Crippen LogP contribution in [0.15, 0.2) is 23.1 Å². The minimum Gasteiger partial charge on any atom is -0.497 e. The Bertz CT molecular complexity index is 596. The molecule has 1 aliphatic heterocycles. The number of ether oxygens (including phenoxy) is 2. The van der Waals surface area contributed by atoms with E-state index in [4.69, 9.17) is 9.47 Å². The van der Waals surface area contributed by atoms with E-state index in [2.05, 4.69) is 11.8 Å². The van der Waals surface area contributed by atoms with Gasteiger partial charge >= 0.3 is 0 Å². The van der Waals surface area contributed by atoms with Gasteiger partial charge in [0.1, 0.15) is 16.4 Å². The van der Waals surface area contributed by atoms with Gasteiger partial charge in [0, 0.05) is 32.2 Å². The van der Waals surface area contributed by atoms with Gasteiger partial charge in [0.15, 0.2) is 0 Å². The van der Waals surface area contributed by atoms with E-state index in [0.717, 1.165) is 26.1 Å². The molecule has 0 N–H and O–H groups in total. The molecule has 6 nitrogen and oxygen atoms in total. The van der Waals surface area contributed by atoms with Crippen molar-refractivity contribution in [3.8, 4) is 11.5 Å². The molecule has 124 valence electrons. The van der Waals surface area contributed by atoms with E-state index in [1.54, 1.807) is 12.1 Å². The quantitative estimate of drug-likeness (QED) is 0.790. The summed E-state index contributed by atoms with van der Waals surface area (Å²) in [7, 11) is -0.586. The van der Waals surface area contributed by atoms with E-state index in [-0.39, 0.29) is 4.90 Å². The number of sulfonamides is 1. The normalized spacial score (nSPS) is 17.4. The van der Waals surface area contributed by atoms with Crippen LogP contribution in [0, 0.1) is 0 Å². The molecule has 0 aliphatic carbocycles. The number of methoxy groups -OCH3 is 2. The van der Waals surface area contributed by atoms with Crippen molar-refractivity contribution in [2.75, 3.05) is 46.9 Å². The van der Waals surface area contributed by atoms with Crippen LogP contribution >= 0.6 is 0 Å². The first-order valence-electron chi connectivity index (χ1n) is 7.47. The highest BCUT2D eigenvalue weighted by Crippen LogP contribution is 2.31. The third-order valence-corrected chi connectivity index (χ3v) is 5.78.